The van der Waals surface area contributed by atoms with Crippen molar-refractivity contribution in [3.8, 4) is 0 Å². The van der Waals surface area contributed by atoms with E-state index in [0.29, 0.717) is 17.5 Å². The van der Waals surface area contributed by atoms with Gasteiger partial charge in [-0.05, 0) is 37.1 Å². The van der Waals surface area contributed by atoms with Crippen molar-refractivity contribution in [2.45, 2.75) is 59.5 Å². The van der Waals surface area contributed by atoms with Gasteiger partial charge >= 0.3 is 0 Å². The Morgan fingerprint density at radius 1 is 1.10 bits per heavy atom. The molecule has 1 saturated carbocycles. The van der Waals surface area contributed by atoms with Gasteiger partial charge < -0.3 is 10.2 Å². The van der Waals surface area contributed by atoms with Gasteiger partial charge in [-0.1, -0.05) is 34.6 Å². The number of hydrogen-bond acceptors (Lipinski definition) is 3. The summed E-state index contributed by atoms with van der Waals surface area (Å²) >= 11 is 0. The number of piperazine rings is 1. The molecule has 3 heteroatoms. The highest BCUT2D eigenvalue weighted by Gasteiger charge is 2.37. The van der Waals surface area contributed by atoms with Crippen molar-refractivity contribution < 1.29 is 0 Å². The first-order chi connectivity index (χ1) is 9.78. The van der Waals surface area contributed by atoms with Gasteiger partial charge in [0.2, 0.25) is 0 Å². The van der Waals surface area contributed by atoms with E-state index in [2.05, 4.69) is 56.8 Å². The summed E-state index contributed by atoms with van der Waals surface area (Å²) in [5.41, 5.74) is 0.526. The Labute approximate surface area is 132 Å². The number of nitrogens with one attached hydrogen (secondary N) is 1. The number of nitrogens with zero attached hydrogens (tertiary/aromatic N) is 2. The van der Waals surface area contributed by atoms with Gasteiger partial charge in [-0.15, -0.1) is 0 Å². The minimum Gasteiger partial charge on any atom is -0.312 e. The Morgan fingerprint density at radius 3 is 2.19 bits per heavy atom. The van der Waals surface area contributed by atoms with Gasteiger partial charge in [0.1, 0.15) is 0 Å². The lowest BCUT2D eigenvalue weighted by Crippen LogP contribution is -2.54. The third kappa shape index (κ3) is 4.67. The molecule has 1 heterocycles. The summed E-state index contributed by atoms with van der Waals surface area (Å²) in [4.78, 5) is 5.16. The van der Waals surface area contributed by atoms with Crippen molar-refractivity contribution in [1.29, 1.82) is 0 Å². The van der Waals surface area contributed by atoms with Crippen LogP contribution in [0.25, 0.3) is 0 Å². The molecular weight excluding hydrogens is 258 g/mol. The Morgan fingerprint density at radius 2 is 1.71 bits per heavy atom. The molecule has 0 amide bonds. The molecule has 2 fully saturated rings. The van der Waals surface area contributed by atoms with E-state index in [4.69, 9.17) is 0 Å². The fourth-order valence-corrected chi connectivity index (χ4v) is 4.38. The summed E-state index contributed by atoms with van der Waals surface area (Å²) in [6.45, 7) is 18.1. The molecule has 0 aromatic heterocycles. The van der Waals surface area contributed by atoms with E-state index in [9.17, 15) is 0 Å². The Hall–Kier alpha value is -0.120. The maximum atomic E-state index is 3.92. The summed E-state index contributed by atoms with van der Waals surface area (Å²) < 4.78 is 0. The second-order valence-electron chi connectivity index (χ2n) is 8.72. The van der Waals surface area contributed by atoms with Crippen LogP contribution in [0.2, 0.25) is 0 Å². The number of rotatable bonds is 5. The van der Waals surface area contributed by atoms with E-state index in [-0.39, 0.29) is 0 Å². The van der Waals surface area contributed by atoms with Crippen LogP contribution in [0.4, 0.5) is 0 Å². The normalized spacial score (nSPS) is 32.7. The van der Waals surface area contributed by atoms with Crippen LogP contribution in [0.1, 0.15) is 47.5 Å². The molecule has 1 N–H and O–H groups in total. The van der Waals surface area contributed by atoms with Crippen LogP contribution in [0, 0.1) is 17.3 Å². The van der Waals surface area contributed by atoms with Crippen molar-refractivity contribution in [3.63, 3.8) is 0 Å². The van der Waals surface area contributed by atoms with E-state index < -0.39 is 0 Å². The smallest absolute Gasteiger partial charge is 0.0244 e. The molecule has 0 spiro atoms. The summed E-state index contributed by atoms with van der Waals surface area (Å²) in [5, 5.41) is 3.92. The minimum absolute atomic E-state index is 0.526. The van der Waals surface area contributed by atoms with Crippen LogP contribution < -0.4 is 5.32 Å². The van der Waals surface area contributed by atoms with E-state index in [1.165, 1.54) is 39.0 Å². The molecule has 0 radical (unpaired) electrons. The van der Waals surface area contributed by atoms with Crippen molar-refractivity contribution in [2.24, 2.45) is 17.3 Å². The van der Waals surface area contributed by atoms with E-state index >= 15 is 0 Å². The molecule has 0 aromatic carbocycles. The van der Waals surface area contributed by atoms with Crippen LogP contribution >= 0.6 is 0 Å². The lowest BCUT2D eigenvalue weighted by molar-refractivity contribution is 0.0851. The van der Waals surface area contributed by atoms with Gasteiger partial charge in [-0.25, -0.2) is 0 Å². The van der Waals surface area contributed by atoms with Crippen LogP contribution in [0.15, 0.2) is 0 Å². The Balaban J connectivity index is 1.86. The summed E-state index contributed by atoms with van der Waals surface area (Å²) in [7, 11) is 2.24. The molecule has 124 valence electrons. The van der Waals surface area contributed by atoms with Gasteiger partial charge in [0.05, 0.1) is 0 Å². The van der Waals surface area contributed by atoms with Gasteiger partial charge in [-0.2, -0.15) is 0 Å². The van der Waals surface area contributed by atoms with Gasteiger partial charge in [0, 0.05) is 44.8 Å². The second-order valence-corrected chi connectivity index (χ2v) is 8.72. The fraction of sp³-hybridized carbons (Fsp3) is 1.00. The second kappa shape index (κ2) is 6.97. The maximum Gasteiger partial charge on any atom is 0.0244 e. The molecular formula is C18H37N3. The Bertz CT molecular complexity index is 318. The minimum atomic E-state index is 0.526. The topological polar surface area (TPSA) is 18.5 Å². The molecule has 3 nitrogen and oxygen atoms in total. The zero-order chi connectivity index (χ0) is 15.6. The van der Waals surface area contributed by atoms with Crippen molar-refractivity contribution in [2.75, 3.05) is 39.8 Å². The molecule has 21 heavy (non-hydrogen) atoms. The predicted molar refractivity (Wildman–Crippen MR) is 91.7 cm³/mol. The van der Waals surface area contributed by atoms with E-state index in [0.717, 1.165) is 18.4 Å². The highest BCUT2D eigenvalue weighted by molar-refractivity contribution is 4.92. The zero-order valence-corrected chi connectivity index (χ0v) is 15.2. The lowest BCUT2D eigenvalue weighted by Gasteiger charge is -2.40. The summed E-state index contributed by atoms with van der Waals surface area (Å²) in [5.74, 6) is 1.55. The fourth-order valence-electron chi connectivity index (χ4n) is 4.38. The zero-order valence-electron chi connectivity index (χ0n) is 15.2. The maximum absolute atomic E-state index is 3.92. The number of likely N-dealkylation sites (N-methyl/N-ethyl adjacent to an activating group) is 1. The molecule has 2 rings (SSSR count). The molecule has 0 bridgehead atoms. The van der Waals surface area contributed by atoms with E-state index in [1.807, 2.05) is 0 Å². The molecule has 3 unspecified atom stereocenters. The molecule has 2 aliphatic rings. The number of hydrogen-bond donors (Lipinski definition) is 1. The third-order valence-electron chi connectivity index (χ3n) is 5.70. The van der Waals surface area contributed by atoms with Crippen molar-refractivity contribution in [3.05, 3.63) is 0 Å². The molecule has 1 aliphatic heterocycles. The first-order valence-corrected chi connectivity index (χ1v) is 8.94. The van der Waals surface area contributed by atoms with Crippen LogP contribution in [0.5, 0.6) is 0 Å². The molecule has 0 aromatic rings. The van der Waals surface area contributed by atoms with Gasteiger partial charge in [0.15, 0.2) is 0 Å². The molecule has 1 aliphatic carbocycles. The molecule has 3 atom stereocenters. The average molecular weight is 296 g/mol. The highest BCUT2D eigenvalue weighted by Crippen LogP contribution is 2.40. The predicted octanol–water partition coefficient (Wildman–Crippen LogP) is 2.67. The lowest BCUT2D eigenvalue weighted by atomic mass is 9.91. The van der Waals surface area contributed by atoms with Crippen molar-refractivity contribution >= 4 is 0 Å². The average Bonchev–Trinajstić information content (AvgIpc) is 2.64. The third-order valence-corrected chi connectivity index (χ3v) is 5.70. The quantitative estimate of drug-likeness (QED) is 0.841. The van der Waals surface area contributed by atoms with E-state index in [1.54, 1.807) is 0 Å². The van der Waals surface area contributed by atoms with Crippen LogP contribution in [0.3, 0.4) is 0 Å². The summed E-state index contributed by atoms with van der Waals surface area (Å²) in [6.07, 6.45) is 2.70. The first-order valence-electron chi connectivity index (χ1n) is 8.94. The highest BCUT2D eigenvalue weighted by atomic mass is 15.3. The summed E-state index contributed by atoms with van der Waals surface area (Å²) in [6, 6.07) is 1.41. The van der Waals surface area contributed by atoms with Crippen LogP contribution in [-0.4, -0.2) is 61.7 Å². The first kappa shape index (κ1) is 17.2. The standard InChI is InChI=1S/C18H37N3/c1-14(2)17(21-9-7-20(6)8-10-21)13-19-16-12-18(4,5)11-15(16)3/h14-17,19H,7-13H2,1-6H3. The van der Waals surface area contributed by atoms with Crippen LogP contribution in [-0.2, 0) is 0 Å². The Kier molecular flexibility index (Phi) is 5.72. The largest absolute Gasteiger partial charge is 0.312 e. The molecule has 1 saturated heterocycles. The van der Waals surface area contributed by atoms with Gasteiger partial charge in [-0.3, -0.25) is 4.90 Å². The SMILES string of the molecule is CC(C)C(CNC1CC(C)(C)CC1C)N1CCN(C)CC1. The van der Waals surface area contributed by atoms with Gasteiger partial charge in [0.25, 0.3) is 0 Å². The monoisotopic (exact) mass is 295 g/mol. The van der Waals surface area contributed by atoms with Crippen molar-refractivity contribution in [1.82, 2.24) is 15.1 Å².